The van der Waals surface area contributed by atoms with E-state index in [1.54, 1.807) is 11.1 Å². The van der Waals surface area contributed by atoms with Crippen molar-refractivity contribution in [2.45, 2.75) is 81.1 Å². The Bertz CT molecular complexity index is 704. The molecule has 3 aliphatic heterocycles. The number of aliphatic hydroxyl groups excluding tert-OH is 4. The smallest absolute Gasteiger partial charge is 0.387 e. The van der Waals surface area contributed by atoms with E-state index < -0.39 is 62.4 Å². The number of nitrogens with one attached hydrogen (secondary N) is 1. The highest BCUT2D eigenvalue weighted by Gasteiger charge is 2.70. The molecule has 4 rings (SSSR count). The molecule has 29 heavy (non-hydrogen) atoms. The molecule has 166 valence electrons. The van der Waals surface area contributed by atoms with Crippen molar-refractivity contribution in [2.75, 3.05) is 6.61 Å². The monoisotopic (exact) mass is 436 g/mol. The highest BCUT2D eigenvalue weighted by molar-refractivity contribution is 7.46. The van der Waals surface area contributed by atoms with Crippen molar-refractivity contribution in [1.82, 2.24) is 10.2 Å². The average Bonchev–Trinajstić information content (AvgIpc) is 3.15. The molecule has 0 spiro atoms. The average molecular weight is 436 g/mol. The van der Waals surface area contributed by atoms with Crippen molar-refractivity contribution in [3.63, 3.8) is 0 Å². The largest absolute Gasteiger partial charge is 0.469 e. The minimum absolute atomic E-state index is 0.539. The van der Waals surface area contributed by atoms with Crippen LogP contribution in [-0.2, 0) is 13.8 Å². The van der Waals surface area contributed by atoms with Crippen LogP contribution in [0.15, 0.2) is 12.3 Å². The van der Waals surface area contributed by atoms with Crippen molar-refractivity contribution < 1.29 is 44.0 Å². The van der Waals surface area contributed by atoms with Crippen molar-refractivity contribution in [1.29, 1.82) is 0 Å². The molecule has 0 aromatic rings. The van der Waals surface area contributed by atoms with Crippen LogP contribution < -0.4 is 5.32 Å². The standard InChI is InChI=1S/C17H29N2O9P/c20-11-10(9-27-29(24,25)26)28-13(12(11)21)19-8-7-16-5-3-1-2-4-6-17(16,19)15(23)18-14(16)22/h7-8,10-15,18,20-23H,1-6,9H2,(H2,24,25,26). The summed E-state index contributed by atoms with van der Waals surface area (Å²) in [7, 11) is -4.77. The Balaban J connectivity index is 1.63. The first-order valence-corrected chi connectivity index (χ1v) is 11.5. The molecule has 4 aliphatic rings. The Hall–Kier alpha value is -0.590. The molecule has 2 saturated heterocycles. The predicted octanol–water partition coefficient (Wildman–Crippen LogP) is -1.31. The molecule has 0 aromatic carbocycles. The van der Waals surface area contributed by atoms with E-state index in [2.05, 4.69) is 9.84 Å². The zero-order valence-electron chi connectivity index (χ0n) is 15.9. The zero-order chi connectivity index (χ0) is 21.0. The van der Waals surface area contributed by atoms with Crippen LogP contribution in [0.2, 0.25) is 0 Å². The molecule has 1 aliphatic carbocycles. The molecule has 0 amide bonds. The maximum atomic E-state index is 11.0. The third kappa shape index (κ3) is 3.28. The third-order valence-corrected chi connectivity index (χ3v) is 7.46. The zero-order valence-corrected chi connectivity index (χ0v) is 16.8. The summed E-state index contributed by atoms with van der Waals surface area (Å²) in [6.07, 6.45) is 1.25. The van der Waals surface area contributed by atoms with Crippen LogP contribution in [0.25, 0.3) is 0 Å². The van der Waals surface area contributed by atoms with Gasteiger partial charge in [-0.25, -0.2) is 4.57 Å². The topological polar surface area (TPSA) is 172 Å². The minimum atomic E-state index is -4.77. The molecule has 0 radical (unpaired) electrons. The van der Waals surface area contributed by atoms with Crippen LogP contribution in [0.1, 0.15) is 38.5 Å². The highest BCUT2D eigenvalue weighted by Crippen LogP contribution is 2.58. The Labute approximate surface area is 168 Å². The van der Waals surface area contributed by atoms with Crippen LogP contribution in [0.5, 0.6) is 0 Å². The molecule has 8 atom stereocenters. The van der Waals surface area contributed by atoms with Gasteiger partial charge in [-0.05, 0) is 19.0 Å². The Morgan fingerprint density at radius 2 is 1.76 bits per heavy atom. The summed E-state index contributed by atoms with van der Waals surface area (Å²) in [4.78, 5) is 19.5. The molecule has 0 bridgehead atoms. The molecule has 1 saturated carbocycles. The van der Waals surface area contributed by atoms with E-state index in [4.69, 9.17) is 14.5 Å². The molecule has 7 N–H and O–H groups in total. The fourth-order valence-corrected chi connectivity index (χ4v) is 5.91. The highest BCUT2D eigenvalue weighted by atomic mass is 31.2. The number of rotatable bonds is 4. The summed E-state index contributed by atoms with van der Waals surface area (Å²) in [6.45, 7) is -0.599. The van der Waals surface area contributed by atoms with Gasteiger partial charge in [0.2, 0.25) is 0 Å². The third-order valence-electron chi connectivity index (χ3n) is 6.97. The second-order valence-corrected chi connectivity index (χ2v) is 9.65. The second-order valence-electron chi connectivity index (χ2n) is 8.41. The molecular formula is C17H29N2O9P. The van der Waals surface area contributed by atoms with E-state index in [1.807, 2.05) is 6.08 Å². The van der Waals surface area contributed by atoms with Gasteiger partial charge in [-0.2, -0.15) is 0 Å². The lowest BCUT2D eigenvalue weighted by Crippen LogP contribution is -2.63. The first-order valence-electron chi connectivity index (χ1n) is 9.94. The van der Waals surface area contributed by atoms with E-state index in [-0.39, 0.29) is 0 Å². The van der Waals surface area contributed by atoms with Gasteiger partial charge < -0.3 is 39.8 Å². The van der Waals surface area contributed by atoms with Crippen LogP contribution in [0.4, 0.5) is 0 Å². The number of nitrogens with zero attached hydrogens (tertiary/aromatic N) is 1. The van der Waals surface area contributed by atoms with Gasteiger partial charge in [0.1, 0.15) is 30.8 Å². The number of hydrogen-bond acceptors (Lipinski definition) is 9. The van der Waals surface area contributed by atoms with Gasteiger partial charge >= 0.3 is 7.82 Å². The second kappa shape index (κ2) is 7.52. The molecule has 3 fully saturated rings. The van der Waals surface area contributed by atoms with E-state index in [9.17, 15) is 25.0 Å². The SMILES string of the molecule is O=P(O)(O)OCC1OC(N2C=CC34CCCCCCC23C(O)NC4O)C(O)C1O. The summed E-state index contributed by atoms with van der Waals surface area (Å²) >= 11 is 0. The van der Waals surface area contributed by atoms with E-state index in [0.29, 0.717) is 12.8 Å². The van der Waals surface area contributed by atoms with Gasteiger partial charge in [0.15, 0.2) is 6.23 Å². The van der Waals surface area contributed by atoms with Crippen LogP contribution in [0.3, 0.4) is 0 Å². The fourth-order valence-electron chi connectivity index (χ4n) is 5.57. The first-order chi connectivity index (χ1) is 13.6. The van der Waals surface area contributed by atoms with Crippen molar-refractivity contribution in [3.05, 3.63) is 12.3 Å². The minimum Gasteiger partial charge on any atom is -0.387 e. The summed E-state index contributed by atoms with van der Waals surface area (Å²) in [5.41, 5.74) is -1.75. The maximum absolute atomic E-state index is 11.0. The quantitative estimate of drug-likeness (QED) is 0.261. The van der Waals surface area contributed by atoms with Gasteiger partial charge in [0.05, 0.1) is 17.6 Å². The number of phosphoric ester groups is 1. The van der Waals surface area contributed by atoms with Crippen molar-refractivity contribution >= 4 is 7.82 Å². The van der Waals surface area contributed by atoms with Crippen LogP contribution in [-0.4, -0.2) is 84.3 Å². The first kappa shape index (κ1) is 21.6. The fraction of sp³-hybridized carbons (Fsp3) is 0.882. The van der Waals surface area contributed by atoms with Gasteiger partial charge in [-0.3, -0.25) is 9.84 Å². The van der Waals surface area contributed by atoms with E-state index >= 15 is 0 Å². The Morgan fingerprint density at radius 1 is 1.07 bits per heavy atom. The van der Waals surface area contributed by atoms with Gasteiger partial charge in [0.25, 0.3) is 0 Å². The lowest BCUT2D eigenvalue weighted by molar-refractivity contribution is -0.156. The molecule has 11 nitrogen and oxygen atoms in total. The number of phosphoric acid groups is 1. The predicted molar refractivity (Wildman–Crippen MR) is 97.7 cm³/mol. The van der Waals surface area contributed by atoms with Gasteiger partial charge in [-0.15, -0.1) is 0 Å². The number of hydrogen-bond donors (Lipinski definition) is 7. The summed E-state index contributed by atoms with van der Waals surface area (Å²) in [5, 5.41) is 45.5. The Morgan fingerprint density at radius 3 is 2.45 bits per heavy atom. The van der Waals surface area contributed by atoms with E-state index in [1.165, 1.54) is 0 Å². The lowest BCUT2D eigenvalue weighted by Gasteiger charge is -2.51. The van der Waals surface area contributed by atoms with Crippen LogP contribution >= 0.6 is 7.82 Å². The van der Waals surface area contributed by atoms with Gasteiger partial charge in [-0.1, -0.05) is 31.8 Å². The molecule has 3 heterocycles. The Kier molecular flexibility index (Phi) is 5.61. The number of ether oxygens (including phenoxy) is 1. The van der Waals surface area contributed by atoms with Crippen LogP contribution in [0, 0.1) is 5.41 Å². The normalized spacial score (nSPS) is 47.7. The summed E-state index contributed by atoms with van der Waals surface area (Å²) in [6, 6.07) is 0. The van der Waals surface area contributed by atoms with Crippen molar-refractivity contribution in [2.24, 2.45) is 5.41 Å². The maximum Gasteiger partial charge on any atom is 0.469 e. The molecule has 0 aromatic heterocycles. The van der Waals surface area contributed by atoms with E-state index in [0.717, 1.165) is 25.7 Å². The molecule has 8 unspecified atom stereocenters. The van der Waals surface area contributed by atoms with Gasteiger partial charge in [0, 0.05) is 0 Å². The molecule has 12 heteroatoms. The summed E-state index contributed by atoms with van der Waals surface area (Å²) in [5.74, 6) is 0. The van der Waals surface area contributed by atoms with Crippen molar-refractivity contribution in [3.8, 4) is 0 Å². The summed E-state index contributed by atoms with van der Waals surface area (Å²) < 4.78 is 21.2. The lowest BCUT2D eigenvalue weighted by atomic mass is 9.64. The molecular weight excluding hydrogens is 407 g/mol. The number of aliphatic hydroxyl groups is 4.